The van der Waals surface area contributed by atoms with Crippen molar-refractivity contribution in [2.45, 2.75) is 13.0 Å². The molecule has 0 aliphatic heterocycles. The fourth-order valence-corrected chi connectivity index (χ4v) is 2.50. The molecule has 2 rings (SSSR count). The molecule has 0 amide bonds. The van der Waals surface area contributed by atoms with E-state index in [1.165, 1.54) is 4.88 Å². The molecule has 16 heavy (non-hydrogen) atoms. The van der Waals surface area contributed by atoms with Gasteiger partial charge < -0.3 is 10.4 Å². The highest BCUT2D eigenvalue weighted by molar-refractivity contribution is 7.16. The number of thiophene rings is 1. The highest BCUT2D eigenvalue weighted by Gasteiger charge is 2.07. The molecule has 2 aromatic rings. The van der Waals surface area contributed by atoms with Crippen molar-refractivity contribution in [1.82, 2.24) is 0 Å². The lowest BCUT2D eigenvalue weighted by Crippen LogP contribution is -2.04. The molecule has 1 heterocycles. The van der Waals surface area contributed by atoms with Crippen LogP contribution in [0.15, 0.2) is 36.4 Å². The molecule has 1 unspecified atom stereocenters. The highest BCUT2D eigenvalue weighted by Crippen LogP contribution is 2.29. The number of anilines is 1. The van der Waals surface area contributed by atoms with Gasteiger partial charge in [-0.25, -0.2) is 0 Å². The molecule has 4 heteroatoms. The molecule has 0 saturated heterocycles. The lowest BCUT2D eigenvalue weighted by atomic mass is 10.2. The molecule has 2 nitrogen and oxygen atoms in total. The molecule has 84 valence electrons. The molecular formula is C12H12ClNOS. The Bertz CT molecular complexity index is 466. The van der Waals surface area contributed by atoms with Gasteiger partial charge in [0, 0.05) is 10.6 Å². The Morgan fingerprint density at radius 3 is 2.44 bits per heavy atom. The van der Waals surface area contributed by atoms with Crippen LogP contribution in [0.25, 0.3) is 0 Å². The average Bonchev–Trinajstić information content (AvgIpc) is 2.68. The van der Waals surface area contributed by atoms with Crippen LogP contribution in [-0.2, 0) is 0 Å². The quantitative estimate of drug-likeness (QED) is 0.801. The first-order valence-electron chi connectivity index (χ1n) is 4.96. The number of nitrogens with one attached hydrogen (secondary N) is 1. The van der Waals surface area contributed by atoms with Crippen molar-refractivity contribution in [2.24, 2.45) is 0 Å². The Morgan fingerprint density at radius 1 is 1.19 bits per heavy atom. The molecule has 0 radical (unpaired) electrons. The van der Waals surface area contributed by atoms with Crippen molar-refractivity contribution in [2.75, 3.05) is 5.32 Å². The highest BCUT2D eigenvalue weighted by atomic mass is 35.5. The van der Waals surface area contributed by atoms with Crippen LogP contribution < -0.4 is 5.32 Å². The van der Waals surface area contributed by atoms with E-state index in [1.54, 1.807) is 23.5 Å². The average molecular weight is 254 g/mol. The first-order valence-corrected chi connectivity index (χ1v) is 6.15. The van der Waals surface area contributed by atoms with Crippen LogP contribution in [-0.4, -0.2) is 5.11 Å². The van der Waals surface area contributed by atoms with E-state index in [0.717, 1.165) is 10.0 Å². The molecule has 1 aromatic carbocycles. The van der Waals surface area contributed by atoms with Gasteiger partial charge in [0.05, 0.1) is 10.4 Å². The van der Waals surface area contributed by atoms with E-state index >= 15 is 0 Å². The van der Waals surface area contributed by atoms with Gasteiger partial charge in [-0.1, -0.05) is 11.6 Å². The maximum absolute atomic E-state index is 9.17. The van der Waals surface area contributed by atoms with Crippen molar-refractivity contribution < 1.29 is 5.11 Å². The Morgan fingerprint density at radius 2 is 1.88 bits per heavy atom. The third-order valence-corrected chi connectivity index (χ3v) is 3.69. The molecule has 1 atom stereocenters. The topological polar surface area (TPSA) is 32.3 Å². The summed E-state index contributed by atoms with van der Waals surface area (Å²) in [6, 6.07) is 11.2. The van der Waals surface area contributed by atoms with E-state index in [-0.39, 0.29) is 11.8 Å². The molecule has 0 aliphatic carbocycles. The number of phenolic OH excluding ortho intramolecular Hbond substituents is 1. The first-order chi connectivity index (χ1) is 7.65. The summed E-state index contributed by atoms with van der Waals surface area (Å²) in [5.74, 6) is 0.275. The van der Waals surface area contributed by atoms with Gasteiger partial charge in [-0.15, -0.1) is 11.3 Å². The van der Waals surface area contributed by atoms with Crippen LogP contribution in [0.2, 0.25) is 4.34 Å². The van der Waals surface area contributed by atoms with Gasteiger partial charge in [0.1, 0.15) is 5.75 Å². The summed E-state index contributed by atoms with van der Waals surface area (Å²) < 4.78 is 0.800. The molecule has 2 N–H and O–H groups in total. The van der Waals surface area contributed by atoms with E-state index in [2.05, 4.69) is 12.2 Å². The van der Waals surface area contributed by atoms with Crippen molar-refractivity contribution in [3.05, 3.63) is 45.6 Å². The lowest BCUT2D eigenvalue weighted by molar-refractivity contribution is 0.475. The molecule has 0 aliphatic rings. The smallest absolute Gasteiger partial charge is 0.115 e. The number of rotatable bonds is 3. The second kappa shape index (κ2) is 4.76. The van der Waals surface area contributed by atoms with Crippen LogP contribution in [0, 0.1) is 0 Å². The van der Waals surface area contributed by atoms with Crippen LogP contribution in [0.4, 0.5) is 5.69 Å². The zero-order valence-corrected chi connectivity index (χ0v) is 10.3. The van der Waals surface area contributed by atoms with E-state index in [1.807, 2.05) is 24.3 Å². The van der Waals surface area contributed by atoms with E-state index < -0.39 is 0 Å². The summed E-state index contributed by atoms with van der Waals surface area (Å²) in [6.07, 6.45) is 0. The van der Waals surface area contributed by atoms with Crippen LogP contribution in [0.3, 0.4) is 0 Å². The minimum absolute atomic E-state index is 0.210. The second-order valence-corrected chi connectivity index (χ2v) is 5.30. The minimum Gasteiger partial charge on any atom is -0.508 e. The zero-order valence-electron chi connectivity index (χ0n) is 8.77. The number of halogens is 1. The number of phenols is 1. The molecule has 0 saturated carbocycles. The SMILES string of the molecule is CC(Nc1ccc(O)cc1)c1ccc(Cl)s1. The zero-order chi connectivity index (χ0) is 11.5. The third kappa shape index (κ3) is 2.68. The Balaban J connectivity index is 2.07. The predicted molar refractivity (Wildman–Crippen MR) is 69.5 cm³/mol. The van der Waals surface area contributed by atoms with Gasteiger partial charge in [-0.05, 0) is 43.3 Å². The van der Waals surface area contributed by atoms with Crippen molar-refractivity contribution in [3.63, 3.8) is 0 Å². The number of benzene rings is 1. The molecule has 1 aromatic heterocycles. The Hall–Kier alpha value is -1.19. The Kier molecular flexibility index (Phi) is 3.36. The number of hydrogen-bond donors (Lipinski definition) is 2. The first kappa shape index (κ1) is 11.3. The van der Waals surface area contributed by atoms with Gasteiger partial charge >= 0.3 is 0 Å². The van der Waals surface area contributed by atoms with Gasteiger partial charge in [-0.3, -0.25) is 0 Å². The second-order valence-electron chi connectivity index (χ2n) is 3.55. The molecule has 0 fully saturated rings. The van der Waals surface area contributed by atoms with Gasteiger partial charge in [0.15, 0.2) is 0 Å². The van der Waals surface area contributed by atoms with Gasteiger partial charge in [-0.2, -0.15) is 0 Å². The fraction of sp³-hybridized carbons (Fsp3) is 0.167. The molecular weight excluding hydrogens is 242 g/mol. The summed E-state index contributed by atoms with van der Waals surface area (Å²) in [5.41, 5.74) is 0.981. The van der Waals surface area contributed by atoms with Crippen LogP contribution >= 0.6 is 22.9 Å². The monoisotopic (exact) mass is 253 g/mol. The number of hydrogen-bond acceptors (Lipinski definition) is 3. The summed E-state index contributed by atoms with van der Waals surface area (Å²) in [4.78, 5) is 1.19. The number of aromatic hydroxyl groups is 1. The van der Waals surface area contributed by atoms with Crippen molar-refractivity contribution in [3.8, 4) is 5.75 Å². The summed E-state index contributed by atoms with van der Waals surface area (Å²) in [7, 11) is 0. The maximum Gasteiger partial charge on any atom is 0.115 e. The van der Waals surface area contributed by atoms with Gasteiger partial charge in [0.2, 0.25) is 0 Å². The van der Waals surface area contributed by atoms with E-state index in [4.69, 9.17) is 16.7 Å². The predicted octanol–water partition coefficient (Wildman–Crippen LogP) is 4.28. The standard InChI is InChI=1S/C12H12ClNOS/c1-8(11-6-7-12(13)16-11)14-9-2-4-10(15)5-3-9/h2-8,14-15H,1H3. The normalized spacial score (nSPS) is 12.4. The summed E-state index contributed by atoms with van der Waals surface area (Å²) in [6.45, 7) is 2.08. The fourth-order valence-electron chi connectivity index (χ4n) is 1.44. The van der Waals surface area contributed by atoms with E-state index in [9.17, 15) is 0 Å². The van der Waals surface area contributed by atoms with Crippen LogP contribution in [0.1, 0.15) is 17.8 Å². The minimum atomic E-state index is 0.210. The van der Waals surface area contributed by atoms with Crippen LogP contribution in [0.5, 0.6) is 5.75 Å². The largest absolute Gasteiger partial charge is 0.508 e. The van der Waals surface area contributed by atoms with Crippen molar-refractivity contribution >= 4 is 28.6 Å². The van der Waals surface area contributed by atoms with E-state index in [0.29, 0.717) is 0 Å². The third-order valence-electron chi connectivity index (χ3n) is 2.27. The lowest BCUT2D eigenvalue weighted by Gasteiger charge is -2.13. The molecule has 0 bridgehead atoms. The van der Waals surface area contributed by atoms with Gasteiger partial charge in [0.25, 0.3) is 0 Å². The summed E-state index contributed by atoms with van der Waals surface area (Å²) in [5, 5.41) is 12.5. The molecule has 0 spiro atoms. The summed E-state index contributed by atoms with van der Waals surface area (Å²) >= 11 is 7.46. The maximum atomic E-state index is 9.17. The Labute approximate surface area is 104 Å². The van der Waals surface area contributed by atoms with Crippen molar-refractivity contribution in [1.29, 1.82) is 0 Å².